The van der Waals surface area contributed by atoms with Gasteiger partial charge in [0, 0.05) is 39.3 Å². The lowest BCUT2D eigenvalue weighted by Crippen LogP contribution is -2.46. The van der Waals surface area contributed by atoms with Crippen LogP contribution in [0.25, 0.3) is 0 Å². The van der Waals surface area contributed by atoms with E-state index < -0.39 is 29.3 Å². The number of nitrogens with one attached hydrogen (secondary N) is 1. The molecule has 10 heteroatoms. The molecule has 1 aromatic carbocycles. The Hall–Kier alpha value is -1.91. The van der Waals surface area contributed by atoms with E-state index in [2.05, 4.69) is 0 Å². The Labute approximate surface area is 141 Å². The van der Waals surface area contributed by atoms with Crippen LogP contribution in [0.3, 0.4) is 0 Å². The van der Waals surface area contributed by atoms with Crippen molar-refractivity contribution in [2.24, 2.45) is 0 Å². The predicted molar refractivity (Wildman–Crippen MR) is 81.9 cm³/mol. The number of aliphatic hydroxyl groups excluding tert-OH is 1. The van der Waals surface area contributed by atoms with Gasteiger partial charge >= 0.3 is 12.3 Å². The van der Waals surface area contributed by atoms with Gasteiger partial charge in [-0.3, -0.25) is 15.1 Å². The number of hydrogen-bond donors (Lipinski definition) is 3. The first-order valence-corrected chi connectivity index (χ1v) is 7.66. The molecule has 1 aromatic rings. The van der Waals surface area contributed by atoms with E-state index in [1.54, 1.807) is 10.2 Å². The molecule has 0 unspecified atom stereocenters. The minimum atomic E-state index is -4.73. The number of β-amino-alcohol motifs (C(OH)–C–C–N with tert-alkyl or cyclic N) is 1. The number of halogens is 4. The first kappa shape index (κ1) is 19.4. The number of amides is 1. The molecule has 1 fully saturated rings. The monoisotopic (exact) mass is 365 g/mol. The lowest BCUT2D eigenvalue weighted by molar-refractivity contribution is -0.138. The molecule has 3 N–H and O–H groups in total. The molecule has 0 bridgehead atoms. The largest absolute Gasteiger partial charge is 0.465 e. The quantitative estimate of drug-likeness (QED) is 0.697. The smallest absolute Gasteiger partial charge is 0.416 e. The lowest BCUT2D eigenvalue weighted by atomic mass is 10.0. The van der Waals surface area contributed by atoms with Gasteiger partial charge in [-0.25, -0.2) is 9.18 Å². The van der Waals surface area contributed by atoms with E-state index in [4.69, 9.17) is 10.2 Å². The molecule has 25 heavy (non-hydrogen) atoms. The van der Waals surface area contributed by atoms with Crippen molar-refractivity contribution in [1.29, 1.82) is 0 Å². The van der Waals surface area contributed by atoms with E-state index in [0.29, 0.717) is 38.8 Å². The van der Waals surface area contributed by atoms with Crippen molar-refractivity contribution >= 4 is 11.8 Å². The number of nitrogens with zero attached hydrogens (tertiary/aromatic N) is 2. The number of carbonyl (C=O) groups is 1. The Kier molecular flexibility index (Phi) is 6.20. The van der Waals surface area contributed by atoms with Gasteiger partial charge in [0.25, 0.3) is 0 Å². The maximum atomic E-state index is 13.9. The zero-order valence-corrected chi connectivity index (χ0v) is 13.3. The second kappa shape index (κ2) is 7.98. The van der Waals surface area contributed by atoms with E-state index in [0.717, 1.165) is 6.07 Å². The van der Waals surface area contributed by atoms with E-state index in [-0.39, 0.29) is 18.7 Å². The fourth-order valence-corrected chi connectivity index (χ4v) is 2.77. The molecule has 0 radical (unpaired) electrons. The normalized spacial score (nSPS) is 16.8. The highest BCUT2D eigenvalue weighted by Crippen LogP contribution is 2.35. The maximum absolute atomic E-state index is 13.9. The summed E-state index contributed by atoms with van der Waals surface area (Å²) < 4.78 is 53.7. The molecule has 0 atom stereocenters. The summed E-state index contributed by atoms with van der Waals surface area (Å²) in [7, 11) is 0. The summed E-state index contributed by atoms with van der Waals surface area (Å²) >= 11 is 0. The highest BCUT2D eigenvalue weighted by atomic mass is 19.4. The molecule has 0 saturated carbocycles. The third kappa shape index (κ3) is 5.28. The molecule has 1 aliphatic rings. The molecule has 1 saturated heterocycles. The van der Waals surface area contributed by atoms with Crippen molar-refractivity contribution in [3.8, 4) is 0 Å². The first-order valence-electron chi connectivity index (χ1n) is 7.66. The molecular weight excluding hydrogens is 346 g/mol. The average Bonchev–Trinajstić information content (AvgIpc) is 2.50. The number of rotatable bonds is 5. The number of hydrogen-bond acceptors (Lipinski definition) is 4. The second-order valence-electron chi connectivity index (χ2n) is 5.76. The summed E-state index contributed by atoms with van der Waals surface area (Å²) in [6.07, 6.45) is -6.36. The highest BCUT2D eigenvalue weighted by Gasteiger charge is 2.35. The number of anilines is 1. The van der Waals surface area contributed by atoms with E-state index in [9.17, 15) is 22.4 Å². The summed E-state index contributed by atoms with van der Waals surface area (Å²) in [6.45, 7) is 2.62. The van der Waals surface area contributed by atoms with E-state index in [1.807, 2.05) is 4.90 Å². The van der Waals surface area contributed by atoms with E-state index in [1.165, 1.54) is 0 Å². The van der Waals surface area contributed by atoms with Crippen molar-refractivity contribution in [1.82, 2.24) is 9.80 Å². The van der Waals surface area contributed by atoms with Gasteiger partial charge in [0.05, 0.1) is 17.9 Å². The topological polar surface area (TPSA) is 76.0 Å². The van der Waals surface area contributed by atoms with E-state index >= 15 is 0 Å². The Morgan fingerprint density at radius 3 is 2.28 bits per heavy atom. The van der Waals surface area contributed by atoms with Crippen molar-refractivity contribution in [2.75, 3.05) is 44.6 Å². The lowest BCUT2D eigenvalue weighted by Gasteiger charge is -2.34. The fourth-order valence-electron chi connectivity index (χ4n) is 2.77. The third-order valence-corrected chi connectivity index (χ3v) is 4.01. The maximum Gasteiger partial charge on any atom is 0.416 e. The van der Waals surface area contributed by atoms with Gasteiger partial charge in [0.15, 0.2) is 0 Å². The minimum Gasteiger partial charge on any atom is -0.465 e. The number of piperazine rings is 1. The van der Waals surface area contributed by atoms with Gasteiger partial charge in [-0.15, -0.1) is 0 Å². The molecule has 0 aliphatic carbocycles. The van der Waals surface area contributed by atoms with Crippen LogP contribution in [0.4, 0.5) is 28.0 Å². The summed E-state index contributed by atoms with van der Waals surface area (Å²) in [5.74, 6) is -1.05. The van der Waals surface area contributed by atoms with Crippen LogP contribution in [0.1, 0.15) is 11.1 Å². The Morgan fingerprint density at radius 1 is 1.16 bits per heavy atom. The molecule has 1 amide bonds. The molecule has 140 valence electrons. The van der Waals surface area contributed by atoms with Gasteiger partial charge in [-0.2, -0.15) is 13.2 Å². The second-order valence-corrected chi connectivity index (χ2v) is 5.76. The minimum absolute atomic E-state index is 0.0153. The fraction of sp³-hybridized carbons (Fsp3) is 0.533. The molecule has 2 rings (SSSR count). The SMILES string of the molecule is O=C(O)Nc1cc(C(F)(F)F)c(CN2CCN(CCO)CC2)cc1F. The van der Waals surface area contributed by atoms with Gasteiger partial charge in [0.2, 0.25) is 0 Å². The zero-order chi connectivity index (χ0) is 18.6. The molecule has 1 aliphatic heterocycles. The number of aliphatic hydroxyl groups is 1. The summed E-state index contributed by atoms with van der Waals surface area (Å²) in [5.41, 5.74) is -2.02. The van der Waals surface area contributed by atoms with Gasteiger partial charge in [-0.05, 0) is 17.7 Å². The average molecular weight is 365 g/mol. The van der Waals surface area contributed by atoms with Crippen LogP contribution >= 0.6 is 0 Å². The number of carboxylic acid groups (broad SMARTS) is 1. The zero-order valence-electron chi connectivity index (χ0n) is 13.3. The molecular formula is C15H19F4N3O3. The Balaban J connectivity index is 2.19. The first-order chi connectivity index (χ1) is 11.7. The molecule has 0 aromatic heterocycles. The summed E-state index contributed by atoms with van der Waals surface area (Å²) in [4.78, 5) is 14.3. The molecule has 6 nitrogen and oxygen atoms in total. The summed E-state index contributed by atoms with van der Waals surface area (Å²) in [6, 6.07) is 1.22. The van der Waals surface area contributed by atoms with Crippen molar-refractivity contribution in [3.05, 3.63) is 29.1 Å². The van der Waals surface area contributed by atoms with Crippen molar-refractivity contribution in [3.63, 3.8) is 0 Å². The van der Waals surface area contributed by atoms with Crippen LogP contribution in [0, 0.1) is 5.82 Å². The predicted octanol–water partition coefficient (Wildman–Crippen LogP) is 2.04. The molecule has 1 heterocycles. The van der Waals surface area contributed by atoms with Crippen LogP contribution in [0.2, 0.25) is 0 Å². The van der Waals surface area contributed by atoms with Crippen LogP contribution in [-0.2, 0) is 12.7 Å². The van der Waals surface area contributed by atoms with Crippen LogP contribution in [0.5, 0.6) is 0 Å². The summed E-state index contributed by atoms with van der Waals surface area (Å²) in [5, 5.41) is 19.1. The van der Waals surface area contributed by atoms with Crippen molar-refractivity contribution in [2.45, 2.75) is 12.7 Å². The number of alkyl halides is 3. The van der Waals surface area contributed by atoms with Gasteiger partial charge in [0.1, 0.15) is 5.82 Å². The van der Waals surface area contributed by atoms with Gasteiger partial charge < -0.3 is 10.2 Å². The van der Waals surface area contributed by atoms with Crippen LogP contribution in [0.15, 0.2) is 12.1 Å². The number of benzene rings is 1. The highest BCUT2D eigenvalue weighted by molar-refractivity contribution is 5.83. The Morgan fingerprint density at radius 2 is 1.76 bits per heavy atom. The Bertz CT molecular complexity index is 617. The van der Waals surface area contributed by atoms with Crippen molar-refractivity contribution < 1.29 is 32.6 Å². The van der Waals surface area contributed by atoms with Gasteiger partial charge in [-0.1, -0.05) is 0 Å². The van der Waals surface area contributed by atoms with Crippen LogP contribution < -0.4 is 5.32 Å². The third-order valence-electron chi connectivity index (χ3n) is 4.01. The standard InChI is InChI=1S/C15H19F4N3O3/c16-12-7-10(9-22-3-1-21(2-4-22)5-6-23)11(15(17,18)19)8-13(12)20-14(24)25/h7-8,20,23H,1-6,9H2,(H,24,25). The molecule has 0 spiro atoms. The van der Waals surface area contributed by atoms with Crippen LogP contribution in [-0.4, -0.2) is 65.4 Å².